The molecular weight excluding hydrogens is 1160 g/mol. The number of rotatable bonds is 18. The summed E-state index contributed by atoms with van der Waals surface area (Å²) in [6, 6.07) is 18.2. The Morgan fingerprint density at radius 2 is 0.890 bits per heavy atom. The van der Waals surface area contributed by atoms with Crippen LogP contribution >= 0.6 is 0 Å². The standard InChI is InChI=1S/C67H90N12O12/c1-7-41(6)57-66(90)75-51(36-45-27-29-46(80)30-28-45)62(86)77-56(40(4)5)65(89)70-47(25-17-31-68)58(82)71-48(33-39(2)3)59(83)76-53(37-44-23-15-10-16-24-44)67(91)79-32-18-26-54(79)64(88)74-50(35-43-21-13-9-14-22-43)61(85)72-49(34-42-19-11-8-12-20-42)60(84)73-52(38-55(69)81)63(87)78-57/h8-16,19-24,27-30,39-41,47-54,56-57,80H,7,17-18,25-26,31-38,68H2,1-6H3,(H2,69,81)(H,70,89)(H,71,82)(H,72,85)(H,73,84)(H,74,88)(H,75,90)(H,76,83)(H,77,86)(H,78,87)/t41-,47-,48-,49+,50-,51-,52-,53+,54-,56-,57-/m0/s1. The van der Waals surface area contributed by atoms with Crippen LogP contribution in [0.2, 0.25) is 0 Å². The lowest BCUT2D eigenvalue weighted by Gasteiger charge is -2.32. The third kappa shape index (κ3) is 21.5. The molecule has 490 valence electrons. The number of aromatic hydroxyl groups is 1. The first kappa shape index (κ1) is 70.9. The second-order valence-corrected chi connectivity index (χ2v) is 24.4. The van der Waals surface area contributed by atoms with Crippen LogP contribution in [-0.2, 0) is 78.4 Å². The molecule has 2 aliphatic rings. The van der Waals surface area contributed by atoms with Crippen molar-refractivity contribution in [1.82, 2.24) is 52.8 Å². The Kier molecular flexibility index (Phi) is 27.0. The number of hydrogen-bond acceptors (Lipinski definition) is 13. The van der Waals surface area contributed by atoms with E-state index in [9.17, 15) is 53.1 Å². The van der Waals surface area contributed by atoms with Gasteiger partial charge in [-0.2, -0.15) is 0 Å². The molecule has 11 atom stereocenters. The maximum atomic E-state index is 15.1. The first-order valence-corrected chi connectivity index (χ1v) is 31.4. The molecule has 24 nitrogen and oxygen atoms in total. The molecule has 6 rings (SSSR count). The SMILES string of the molecule is CC[C@H](C)[C@@H]1NC(=O)[C@H](CC(N)=O)NC(=O)[C@@H](Cc2ccccc2)NC(=O)[C@H](Cc2ccccc2)NC(=O)[C@@H]2CCCN2C(=O)[C@@H](Cc2ccccc2)NC(=O)[C@H](CC(C)C)NC(=O)[C@H](CCCN)NC(=O)[C@H](C(C)C)NC(=O)[C@H](Cc2ccc(O)cc2)NC1=O. The maximum Gasteiger partial charge on any atom is 0.246 e. The van der Waals surface area contributed by atoms with Crippen molar-refractivity contribution >= 4 is 65.0 Å². The van der Waals surface area contributed by atoms with Crippen molar-refractivity contribution in [3.05, 3.63) is 138 Å². The highest BCUT2D eigenvalue weighted by atomic mass is 16.3. The predicted octanol–water partition coefficient (Wildman–Crippen LogP) is 1.39. The van der Waals surface area contributed by atoms with E-state index < -0.39 is 144 Å². The molecule has 2 fully saturated rings. The van der Waals surface area contributed by atoms with Crippen LogP contribution in [0.3, 0.4) is 0 Å². The molecule has 4 aromatic carbocycles. The van der Waals surface area contributed by atoms with Gasteiger partial charge in [0.15, 0.2) is 0 Å². The fourth-order valence-corrected chi connectivity index (χ4v) is 11.1. The summed E-state index contributed by atoms with van der Waals surface area (Å²) in [6.45, 7) is 10.6. The summed E-state index contributed by atoms with van der Waals surface area (Å²) in [5.41, 5.74) is 14.0. The van der Waals surface area contributed by atoms with Gasteiger partial charge in [-0.1, -0.05) is 151 Å². The van der Waals surface area contributed by atoms with Crippen LogP contribution in [0, 0.1) is 17.8 Å². The Morgan fingerprint density at radius 1 is 0.495 bits per heavy atom. The lowest BCUT2D eigenvalue weighted by Crippen LogP contribution is -2.63. The van der Waals surface area contributed by atoms with Crippen LogP contribution in [0.5, 0.6) is 5.75 Å². The van der Waals surface area contributed by atoms with Gasteiger partial charge in [0.05, 0.1) is 6.42 Å². The topological polar surface area (TPSA) is 372 Å². The highest BCUT2D eigenvalue weighted by Crippen LogP contribution is 2.22. The largest absolute Gasteiger partial charge is 0.508 e. The van der Waals surface area contributed by atoms with E-state index >= 15 is 4.79 Å². The van der Waals surface area contributed by atoms with Gasteiger partial charge in [0.1, 0.15) is 66.2 Å². The normalized spacial score (nSPS) is 24.5. The average molecular weight is 1260 g/mol. The lowest BCUT2D eigenvalue weighted by molar-refractivity contribution is -0.142. The van der Waals surface area contributed by atoms with Crippen LogP contribution in [-0.4, -0.2) is 148 Å². The van der Waals surface area contributed by atoms with Crippen molar-refractivity contribution in [3.63, 3.8) is 0 Å². The number of carbonyl (C=O) groups is 11. The van der Waals surface area contributed by atoms with Crippen molar-refractivity contribution in [1.29, 1.82) is 0 Å². The minimum Gasteiger partial charge on any atom is -0.508 e. The van der Waals surface area contributed by atoms with Gasteiger partial charge < -0.3 is 69.3 Å². The number of primary amides is 1. The van der Waals surface area contributed by atoms with Gasteiger partial charge >= 0.3 is 0 Å². The molecule has 0 saturated carbocycles. The average Bonchev–Trinajstić information content (AvgIpc) is 2.84. The number of benzene rings is 4. The third-order valence-corrected chi connectivity index (χ3v) is 16.3. The number of nitrogens with one attached hydrogen (secondary N) is 9. The smallest absolute Gasteiger partial charge is 0.246 e. The van der Waals surface area contributed by atoms with Gasteiger partial charge in [0.2, 0.25) is 65.0 Å². The van der Waals surface area contributed by atoms with E-state index in [0.29, 0.717) is 28.7 Å². The van der Waals surface area contributed by atoms with E-state index in [4.69, 9.17) is 11.5 Å². The molecule has 0 bridgehead atoms. The first-order chi connectivity index (χ1) is 43.4. The van der Waals surface area contributed by atoms with Crippen molar-refractivity contribution in [2.45, 2.75) is 173 Å². The second-order valence-electron chi connectivity index (χ2n) is 24.4. The highest BCUT2D eigenvalue weighted by Gasteiger charge is 2.42. The molecular formula is C67H90N12O12. The number of carbonyl (C=O) groups excluding carboxylic acids is 11. The number of fused-ring (bicyclic) bond motifs is 1. The summed E-state index contributed by atoms with van der Waals surface area (Å²) < 4.78 is 0. The summed E-state index contributed by atoms with van der Waals surface area (Å²) in [4.78, 5) is 162. The van der Waals surface area contributed by atoms with Crippen molar-refractivity contribution < 1.29 is 57.8 Å². The Morgan fingerprint density at radius 3 is 1.38 bits per heavy atom. The summed E-state index contributed by atoms with van der Waals surface area (Å²) in [7, 11) is 0. The fourth-order valence-electron chi connectivity index (χ4n) is 11.1. The van der Waals surface area contributed by atoms with Crippen molar-refractivity contribution in [2.24, 2.45) is 29.2 Å². The van der Waals surface area contributed by atoms with Gasteiger partial charge in [-0.3, -0.25) is 52.7 Å². The number of phenolic OH excluding ortho intramolecular Hbond substituents is 1. The molecule has 0 aliphatic carbocycles. The van der Waals surface area contributed by atoms with E-state index in [2.05, 4.69) is 47.9 Å². The molecule has 4 aromatic rings. The van der Waals surface area contributed by atoms with E-state index in [0.717, 1.165) is 0 Å². The Labute approximate surface area is 531 Å². The number of nitrogens with two attached hydrogens (primary N) is 2. The van der Waals surface area contributed by atoms with E-state index in [-0.39, 0.29) is 82.5 Å². The van der Waals surface area contributed by atoms with E-state index in [1.165, 1.54) is 29.2 Å². The first-order valence-electron chi connectivity index (χ1n) is 31.4. The predicted molar refractivity (Wildman–Crippen MR) is 340 cm³/mol. The highest BCUT2D eigenvalue weighted by molar-refractivity contribution is 6.00. The minimum atomic E-state index is -1.74. The molecule has 2 saturated heterocycles. The zero-order valence-corrected chi connectivity index (χ0v) is 52.7. The van der Waals surface area contributed by atoms with Crippen LogP contribution in [0.25, 0.3) is 0 Å². The van der Waals surface area contributed by atoms with Crippen LogP contribution in [0.4, 0.5) is 0 Å². The number of nitrogens with zero attached hydrogens (tertiary/aromatic N) is 1. The lowest BCUT2D eigenvalue weighted by atomic mass is 9.96. The van der Waals surface area contributed by atoms with E-state index in [1.807, 2.05) is 13.8 Å². The Hall–Kier alpha value is -9.19. The molecule has 0 aromatic heterocycles. The molecule has 11 amide bonds. The Balaban J connectivity index is 1.46. The number of phenols is 1. The monoisotopic (exact) mass is 1250 g/mol. The fraction of sp³-hybridized carbons (Fsp3) is 0.478. The Bertz CT molecular complexity index is 3140. The summed E-state index contributed by atoms with van der Waals surface area (Å²) >= 11 is 0. The van der Waals surface area contributed by atoms with Crippen LogP contribution in [0.15, 0.2) is 115 Å². The molecule has 91 heavy (non-hydrogen) atoms. The molecule has 0 radical (unpaired) electrons. The zero-order chi connectivity index (χ0) is 66.3. The molecule has 14 N–H and O–H groups in total. The van der Waals surface area contributed by atoms with Crippen LogP contribution in [0.1, 0.15) is 109 Å². The van der Waals surface area contributed by atoms with Gasteiger partial charge in [-0.05, 0) is 90.8 Å². The van der Waals surface area contributed by atoms with Gasteiger partial charge in [0, 0.05) is 32.2 Å². The summed E-state index contributed by atoms with van der Waals surface area (Å²) in [6.07, 6.45) is -0.0807. The number of amides is 11. The zero-order valence-electron chi connectivity index (χ0n) is 52.7. The molecule has 0 unspecified atom stereocenters. The third-order valence-electron chi connectivity index (χ3n) is 16.3. The maximum absolute atomic E-state index is 15.1. The van der Waals surface area contributed by atoms with Crippen molar-refractivity contribution in [2.75, 3.05) is 13.1 Å². The minimum absolute atomic E-state index is 0.00471. The molecule has 24 heteroatoms. The van der Waals surface area contributed by atoms with Crippen LogP contribution < -0.4 is 59.3 Å². The molecule has 2 heterocycles. The van der Waals surface area contributed by atoms with Gasteiger partial charge in [-0.15, -0.1) is 0 Å². The van der Waals surface area contributed by atoms with Crippen molar-refractivity contribution in [3.8, 4) is 5.75 Å². The van der Waals surface area contributed by atoms with Gasteiger partial charge in [0.25, 0.3) is 0 Å². The summed E-state index contributed by atoms with van der Waals surface area (Å²) in [5.74, 6) is -10.7. The molecule has 0 spiro atoms. The van der Waals surface area contributed by atoms with E-state index in [1.54, 1.807) is 119 Å². The molecule has 2 aliphatic heterocycles. The van der Waals surface area contributed by atoms with Gasteiger partial charge in [-0.25, -0.2) is 0 Å². The second kappa shape index (κ2) is 34.7. The summed E-state index contributed by atoms with van der Waals surface area (Å²) in [5, 5.41) is 35.0. The number of hydrogen-bond donors (Lipinski definition) is 12. The quantitative estimate of drug-likeness (QED) is 0.0671.